The van der Waals surface area contributed by atoms with E-state index in [1.807, 2.05) is 12.1 Å². The van der Waals surface area contributed by atoms with Crippen LogP contribution in [0.15, 0.2) is 24.3 Å². The number of carbonyl (C=O) groups excluding carboxylic acids is 1. The summed E-state index contributed by atoms with van der Waals surface area (Å²) in [5.41, 5.74) is 7.80. The molecule has 0 spiro atoms. The lowest BCUT2D eigenvalue weighted by Crippen LogP contribution is -2.23. The van der Waals surface area contributed by atoms with Crippen LogP contribution in [0, 0.1) is 0 Å². The van der Waals surface area contributed by atoms with E-state index < -0.39 is 0 Å². The lowest BCUT2D eigenvalue weighted by atomic mass is 10.1. The fourth-order valence-corrected chi connectivity index (χ4v) is 1.81. The number of nitrogens with one attached hydrogen (secondary N) is 1. The van der Waals surface area contributed by atoms with Crippen molar-refractivity contribution >= 4 is 30.7 Å². The first kappa shape index (κ1) is 22.5. The van der Waals surface area contributed by atoms with Crippen molar-refractivity contribution in [3.8, 4) is 0 Å². The summed E-state index contributed by atoms with van der Waals surface area (Å²) in [5, 5.41) is 2.92. The molecule has 1 aromatic rings. The lowest BCUT2D eigenvalue weighted by Gasteiger charge is -2.14. The predicted molar refractivity (Wildman–Crippen MR) is 93.1 cm³/mol. The second-order valence-electron chi connectivity index (χ2n) is 4.82. The van der Waals surface area contributed by atoms with E-state index in [0.29, 0.717) is 19.5 Å². The molecule has 6 heteroatoms. The Kier molecular flexibility index (Phi) is 13.8. The van der Waals surface area contributed by atoms with E-state index >= 15 is 0 Å². The maximum absolute atomic E-state index is 11.5. The molecule has 0 aliphatic heterocycles. The summed E-state index contributed by atoms with van der Waals surface area (Å²) in [4.78, 5) is 13.8. The fourth-order valence-electron chi connectivity index (χ4n) is 1.81. The minimum atomic E-state index is 0. The van der Waals surface area contributed by atoms with Crippen molar-refractivity contribution in [1.82, 2.24) is 10.2 Å². The van der Waals surface area contributed by atoms with Gasteiger partial charge in [-0.3, -0.25) is 4.79 Å². The zero-order valence-electron chi connectivity index (χ0n) is 12.8. The Balaban J connectivity index is 0. The Hall–Kier alpha value is -0.810. The Morgan fingerprint density at radius 3 is 2.57 bits per heavy atom. The van der Waals surface area contributed by atoms with Crippen LogP contribution in [0.3, 0.4) is 0 Å². The van der Waals surface area contributed by atoms with Crippen LogP contribution >= 0.6 is 24.8 Å². The Bertz CT molecular complexity index is 402. The van der Waals surface area contributed by atoms with Gasteiger partial charge in [-0.1, -0.05) is 31.2 Å². The molecule has 0 bridgehead atoms. The normalized spacial score (nSPS) is 9.71. The average molecular weight is 336 g/mol. The topological polar surface area (TPSA) is 58.4 Å². The number of hydrogen-bond donors (Lipinski definition) is 2. The van der Waals surface area contributed by atoms with Crippen molar-refractivity contribution in [2.24, 2.45) is 5.73 Å². The van der Waals surface area contributed by atoms with E-state index in [4.69, 9.17) is 5.73 Å². The summed E-state index contributed by atoms with van der Waals surface area (Å²) in [6.07, 6.45) is 1.25. The standard InChI is InChI=1S/C15H25N3O.2ClH/c1-3-18(2)12-14-7-4-6-13(10-14)11-17-15(19)8-5-9-16;;/h4,6-7,10H,3,5,8-9,11-12,16H2,1-2H3,(H,17,19);2*1H. The summed E-state index contributed by atoms with van der Waals surface area (Å²) in [5.74, 6) is 0.0709. The number of nitrogens with zero attached hydrogens (tertiary/aromatic N) is 1. The van der Waals surface area contributed by atoms with Crippen molar-refractivity contribution < 1.29 is 4.79 Å². The highest BCUT2D eigenvalue weighted by molar-refractivity contribution is 5.85. The van der Waals surface area contributed by atoms with Crippen molar-refractivity contribution in [2.75, 3.05) is 20.1 Å². The van der Waals surface area contributed by atoms with Gasteiger partial charge in [0.05, 0.1) is 0 Å². The third-order valence-corrected chi connectivity index (χ3v) is 3.08. The van der Waals surface area contributed by atoms with Gasteiger partial charge in [0.25, 0.3) is 0 Å². The van der Waals surface area contributed by atoms with Gasteiger partial charge in [-0.2, -0.15) is 0 Å². The van der Waals surface area contributed by atoms with Crippen molar-refractivity contribution in [1.29, 1.82) is 0 Å². The largest absolute Gasteiger partial charge is 0.352 e. The Labute approximate surface area is 140 Å². The van der Waals surface area contributed by atoms with Gasteiger partial charge in [0, 0.05) is 19.5 Å². The molecule has 0 unspecified atom stereocenters. The quantitative estimate of drug-likeness (QED) is 0.766. The number of hydrogen-bond acceptors (Lipinski definition) is 3. The van der Waals surface area contributed by atoms with E-state index in [9.17, 15) is 4.79 Å². The average Bonchev–Trinajstić information content (AvgIpc) is 2.43. The predicted octanol–water partition coefficient (Wildman–Crippen LogP) is 2.34. The van der Waals surface area contributed by atoms with Gasteiger partial charge in [-0.05, 0) is 37.7 Å². The Morgan fingerprint density at radius 2 is 1.95 bits per heavy atom. The summed E-state index contributed by atoms with van der Waals surface area (Å²) in [6, 6.07) is 8.35. The lowest BCUT2D eigenvalue weighted by molar-refractivity contribution is -0.121. The van der Waals surface area contributed by atoms with Gasteiger partial charge in [0.2, 0.25) is 5.91 Å². The molecule has 0 saturated heterocycles. The zero-order chi connectivity index (χ0) is 14.1. The van der Waals surface area contributed by atoms with E-state index in [2.05, 4.69) is 36.3 Å². The molecule has 1 rings (SSSR count). The number of benzene rings is 1. The first-order chi connectivity index (χ1) is 9.15. The number of carbonyl (C=O) groups is 1. The molecule has 122 valence electrons. The molecular weight excluding hydrogens is 309 g/mol. The molecule has 0 aliphatic carbocycles. The second kappa shape index (κ2) is 12.9. The van der Waals surface area contributed by atoms with Crippen LogP contribution in [0.1, 0.15) is 30.9 Å². The summed E-state index contributed by atoms with van der Waals surface area (Å²) in [6.45, 7) is 5.26. The van der Waals surface area contributed by atoms with Gasteiger partial charge < -0.3 is 16.0 Å². The van der Waals surface area contributed by atoms with Crippen LogP contribution in [-0.2, 0) is 17.9 Å². The zero-order valence-corrected chi connectivity index (χ0v) is 14.4. The van der Waals surface area contributed by atoms with Gasteiger partial charge in [-0.25, -0.2) is 0 Å². The van der Waals surface area contributed by atoms with Crippen LogP contribution in [0.25, 0.3) is 0 Å². The fraction of sp³-hybridized carbons (Fsp3) is 0.533. The number of nitrogens with two attached hydrogens (primary N) is 1. The molecule has 3 N–H and O–H groups in total. The van der Waals surface area contributed by atoms with E-state index in [1.54, 1.807) is 0 Å². The van der Waals surface area contributed by atoms with Crippen molar-refractivity contribution in [2.45, 2.75) is 32.9 Å². The molecule has 21 heavy (non-hydrogen) atoms. The van der Waals surface area contributed by atoms with Crippen LogP contribution in [0.2, 0.25) is 0 Å². The maximum Gasteiger partial charge on any atom is 0.220 e. The number of amides is 1. The second-order valence-corrected chi connectivity index (χ2v) is 4.82. The molecule has 0 fully saturated rings. The monoisotopic (exact) mass is 335 g/mol. The molecule has 1 amide bonds. The van der Waals surface area contributed by atoms with Crippen molar-refractivity contribution in [3.63, 3.8) is 0 Å². The highest BCUT2D eigenvalue weighted by atomic mass is 35.5. The maximum atomic E-state index is 11.5. The molecule has 0 aromatic heterocycles. The van der Waals surface area contributed by atoms with E-state index in [1.165, 1.54) is 5.56 Å². The molecular formula is C15H27Cl2N3O. The molecule has 0 radical (unpaired) electrons. The first-order valence-corrected chi connectivity index (χ1v) is 6.88. The van der Waals surface area contributed by atoms with Gasteiger partial charge in [-0.15, -0.1) is 24.8 Å². The van der Waals surface area contributed by atoms with Crippen LogP contribution in [0.5, 0.6) is 0 Å². The highest BCUT2D eigenvalue weighted by Gasteiger charge is 2.02. The Morgan fingerprint density at radius 1 is 1.29 bits per heavy atom. The van der Waals surface area contributed by atoms with Crippen LogP contribution < -0.4 is 11.1 Å². The summed E-state index contributed by atoms with van der Waals surface area (Å²) in [7, 11) is 2.10. The SMILES string of the molecule is CCN(C)Cc1cccc(CNC(=O)CCCN)c1.Cl.Cl. The van der Waals surface area contributed by atoms with Crippen LogP contribution in [-0.4, -0.2) is 30.9 Å². The minimum Gasteiger partial charge on any atom is -0.352 e. The van der Waals surface area contributed by atoms with Gasteiger partial charge >= 0.3 is 0 Å². The molecule has 0 heterocycles. The molecule has 0 aliphatic rings. The molecule has 1 aromatic carbocycles. The minimum absolute atomic E-state index is 0. The molecule has 4 nitrogen and oxygen atoms in total. The highest BCUT2D eigenvalue weighted by Crippen LogP contribution is 2.07. The first-order valence-electron chi connectivity index (χ1n) is 6.88. The van der Waals surface area contributed by atoms with Crippen molar-refractivity contribution in [3.05, 3.63) is 35.4 Å². The third-order valence-electron chi connectivity index (χ3n) is 3.08. The number of halogens is 2. The van der Waals surface area contributed by atoms with Crippen LogP contribution in [0.4, 0.5) is 0 Å². The van der Waals surface area contributed by atoms with Gasteiger partial charge in [0.15, 0.2) is 0 Å². The van der Waals surface area contributed by atoms with E-state index in [-0.39, 0.29) is 30.7 Å². The third kappa shape index (κ3) is 9.69. The molecule has 0 saturated carbocycles. The molecule has 0 atom stereocenters. The summed E-state index contributed by atoms with van der Waals surface area (Å²) >= 11 is 0. The van der Waals surface area contributed by atoms with Gasteiger partial charge in [0.1, 0.15) is 0 Å². The number of rotatable bonds is 8. The summed E-state index contributed by atoms with van der Waals surface area (Å²) < 4.78 is 0. The smallest absolute Gasteiger partial charge is 0.220 e. The van der Waals surface area contributed by atoms with E-state index in [0.717, 1.165) is 25.1 Å².